The van der Waals surface area contributed by atoms with Crippen molar-refractivity contribution in [3.63, 3.8) is 0 Å². The summed E-state index contributed by atoms with van der Waals surface area (Å²) in [6.45, 7) is 3.13. The monoisotopic (exact) mass is 241 g/mol. The van der Waals surface area contributed by atoms with Crippen molar-refractivity contribution in [2.24, 2.45) is 0 Å². The molecule has 0 radical (unpaired) electrons. The first-order valence-corrected chi connectivity index (χ1v) is 6.44. The van der Waals surface area contributed by atoms with E-state index in [2.05, 4.69) is 36.4 Å². The first kappa shape index (κ1) is 13.2. The zero-order valence-corrected chi connectivity index (χ0v) is 10.7. The van der Waals surface area contributed by atoms with Crippen molar-refractivity contribution in [3.8, 4) is 0 Å². The molecule has 0 bridgehead atoms. The lowest BCUT2D eigenvalue weighted by Gasteiger charge is -2.23. The van der Waals surface area contributed by atoms with E-state index >= 15 is 0 Å². The Balaban J connectivity index is 2.24. The Morgan fingerprint density at radius 2 is 2.31 bits per heavy atom. The van der Waals surface area contributed by atoms with Crippen LogP contribution < -0.4 is 0 Å². The maximum atomic E-state index is 10.4. The summed E-state index contributed by atoms with van der Waals surface area (Å²) in [5.74, 6) is -0.700. The summed E-state index contributed by atoms with van der Waals surface area (Å²) in [4.78, 5) is 14.0. The molecule has 0 aliphatic carbocycles. The molecule has 1 atom stereocenters. The Morgan fingerprint density at radius 3 is 2.88 bits per heavy atom. The number of nitrogens with zero attached hydrogens (tertiary/aromatic N) is 1. The fourth-order valence-electron chi connectivity index (χ4n) is 1.58. The van der Waals surface area contributed by atoms with Crippen LogP contribution in [-0.2, 0) is 4.79 Å². The maximum Gasteiger partial charge on any atom is 0.303 e. The van der Waals surface area contributed by atoms with E-state index in [0.717, 1.165) is 19.4 Å². The van der Waals surface area contributed by atoms with Crippen molar-refractivity contribution >= 4 is 17.3 Å². The summed E-state index contributed by atoms with van der Waals surface area (Å²) < 4.78 is 0. The minimum Gasteiger partial charge on any atom is -0.481 e. The molecule has 1 aromatic rings. The highest BCUT2D eigenvalue weighted by molar-refractivity contribution is 7.10. The predicted molar refractivity (Wildman–Crippen MR) is 66.9 cm³/mol. The molecule has 0 aromatic carbocycles. The normalized spacial score (nSPS) is 12.9. The smallest absolute Gasteiger partial charge is 0.303 e. The average molecular weight is 241 g/mol. The number of carboxylic acids is 1. The van der Waals surface area contributed by atoms with E-state index in [1.54, 1.807) is 11.3 Å². The highest BCUT2D eigenvalue weighted by Gasteiger charge is 2.11. The fourth-order valence-corrected chi connectivity index (χ4v) is 2.43. The van der Waals surface area contributed by atoms with Crippen molar-refractivity contribution in [1.82, 2.24) is 4.90 Å². The van der Waals surface area contributed by atoms with Gasteiger partial charge in [0.2, 0.25) is 0 Å². The van der Waals surface area contributed by atoms with Crippen LogP contribution in [0.3, 0.4) is 0 Å². The number of rotatable bonds is 7. The second-order valence-electron chi connectivity index (χ2n) is 4.02. The molecule has 90 valence electrons. The first-order chi connectivity index (χ1) is 7.61. The van der Waals surface area contributed by atoms with Crippen LogP contribution in [0.2, 0.25) is 0 Å². The van der Waals surface area contributed by atoms with E-state index < -0.39 is 5.97 Å². The van der Waals surface area contributed by atoms with Crippen molar-refractivity contribution in [2.75, 3.05) is 13.6 Å². The number of thiophene rings is 1. The van der Waals surface area contributed by atoms with E-state index in [9.17, 15) is 4.79 Å². The van der Waals surface area contributed by atoms with Crippen LogP contribution in [0, 0.1) is 0 Å². The van der Waals surface area contributed by atoms with E-state index in [4.69, 9.17) is 5.11 Å². The first-order valence-electron chi connectivity index (χ1n) is 5.56. The Labute approximate surface area is 101 Å². The van der Waals surface area contributed by atoms with Gasteiger partial charge in [0.15, 0.2) is 0 Å². The number of unbranched alkanes of at least 4 members (excludes halogenated alkanes) is 1. The van der Waals surface area contributed by atoms with Gasteiger partial charge in [0, 0.05) is 17.3 Å². The third kappa shape index (κ3) is 4.33. The van der Waals surface area contributed by atoms with Gasteiger partial charge in [-0.15, -0.1) is 11.3 Å². The molecular weight excluding hydrogens is 222 g/mol. The number of aliphatic carboxylic acids is 1. The van der Waals surface area contributed by atoms with Gasteiger partial charge in [-0.3, -0.25) is 9.69 Å². The summed E-state index contributed by atoms with van der Waals surface area (Å²) in [5.41, 5.74) is 0. The van der Waals surface area contributed by atoms with Crippen molar-refractivity contribution in [2.45, 2.75) is 32.2 Å². The van der Waals surface area contributed by atoms with Gasteiger partial charge in [-0.1, -0.05) is 6.07 Å². The van der Waals surface area contributed by atoms with E-state index in [0.29, 0.717) is 6.04 Å². The van der Waals surface area contributed by atoms with E-state index in [1.807, 2.05) is 0 Å². The van der Waals surface area contributed by atoms with Gasteiger partial charge in [-0.25, -0.2) is 0 Å². The van der Waals surface area contributed by atoms with Gasteiger partial charge in [-0.2, -0.15) is 0 Å². The van der Waals surface area contributed by atoms with Crippen molar-refractivity contribution < 1.29 is 9.90 Å². The molecule has 0 fully saturated rings. The van der Waals surface area contributed by atoms with Gasteiger partial charge in [0.05, 0.1) is 0 Å². The van der Waals surface area contributed by atoms with Crippen molar-refractivity contribution in [3.05, 3.63) is 22.4 Å². The number of hydrogen-bond donors (Lipinski definition) is 1. The molecule has 0 amide bonds. The number of carboxylic acid groups (broad SMARTS) is 1. The average Bonchev–Trinajstić information content (AvgIpc) is 2.76. The standard InChI is InChI=1S/C12H19NO2S/c1-10(11-6-5-9-16-11)13(2)8-4-3-7-12(14)15/h5-6,9-10H,3-4,7-8H2,1-2H3,(H,14,15). The highest BCUT2D eigenvalue weighted by Crippen LogP contribution is 2.23. The third-order valence-corrected chi connectivity index (χ3v) is 3.81. The molecule has 1 heterocycles. The molecule has 16 heavy (non-hydrogen) atoms. The molecule has 0 spiro atoms. The summed E-state index contributed by atoms with van der Waals surface area (Å²) >= 11 is 1.77. The van der Waals surface area contributed by atoms with Gasteiger partial charge in [0.25, 0.3) is 0 Å². The molecule has 0 aliphatic rings. The molecular formula is C12H19NO2S. The lowest BCUT2D eigenvalue weighted by molar-refractivity contribution is -0.137. The van der Waals surface area contributed by atoms with Gasteiger partial charge >= 0.3 is 5.97 Å². The minimum atomic E-state index is -0.700. The van der Waals surface area contributed by atoms with E-state index in [1.165, 1.54) is 4.88 Å². The second kappa shape index (κ2) is 6.66. The summed E-state index contributed by atoms with van der Waals surface area (Å²) in [6.07, 6.45) is 1.98. The quantitative estimate of drug-likeness (QED) is 0.746. The third-order valence-electron chi connectivity index (χ3n) is 2.77. The van der Waals surface area contributed by atoms with Crippen LogP contribution in [0.4, 0.5) is 0 Å². The predicted octanol–water partition coefficient (Wildman–Crippen LogP) is 3.00. The van der Waals surface area contributed by atoms with Crippen LogP contribution in [0.1, 0.15) is 37.1 Å². The topological polar surface area (TPSA) is 40.5 Å². The molecule has 1 aromatic heterocycles. The largest absolute Gasteiger partial charge is 0.481 e. The Bertz CT molecular complexity index is 311. The molecule has 1 rings (SSSR count). The van der Waals surface area contributed by atoms with Crippen LogP contribution >= 0.6 is 11.3 Å². The summed E-state index contributed by atoms with van der Waals surface area (Å²) in [7, 11) is 2.09. The lowest BCUT2D eigenvalue weighted by Crippen LogP contribution is -2.23. The van der Waals surface area contributed by atoms with E-state index in [-0.39, 0.29) is 6.42 Å². The van der Waals surface area contributed by atoms with Gasteiger partial charge < -0.3 is 5.11 Å². The summed E-state index contributed by atoms with van der Waals surface area (Å²) in [5, 5.41) is 10.6. The Hall–Kier alpha value is -0.870. The lowest BCUT2D eigenvalue weighted by atomic mass is 10.2. The fraction of sp³-hybridized carbons (Fsp3) is 0.583. The van der Waals surface area contributed by atoms with Gasteiger partial charge in [-0.05, 0) is 44.8 Å². The Morgan fingerprint density at radius 1 is 1.56 bits per heavy atom. The van der Waals surface area contributed by atoms with Crippen LogP contribution in [0.25, 0.3) is 0 Å². The van der Waals surface area contributed by atoms with Gasteiger partial charge in [0.1, 0.15) is 0 Å². The van der Waals surface area contributed by atoms with Crippen LogP contribution in [-0.4, -0.2) is 29.6 Å². The SMILES string of the molecule is CC(c1cccs1)N(C)CCCCC(=O)O. The molecule has 0 saturated carbocycles. The van der Waals surface area contributed by atoms with Crippen LogP contribution in [0.15, 0.2) is 17.5 Å². The molecule has 1 unspecified atom stereocenters. The zero-order chi connectivity index (χ0) is 12.0. The molecule has 0 aliphatic heterocycles. The minimum absolute atomic E-state index is 0.279. The number of carbonyl (C=O) groups is 1. The summed E-state index contributed by atoms with van der Waals surface area (Å²) in [6, 6.07) is 4.63. The molecule has 3 nitrogen and oxygen atoms in total. The second-order valence-corrected chi connectivity index (χ2v) is 5.00. The zero-order valence-electron chi connectivity index (χ0n) is 9.85. The molecule has 0 saturated heterocycles. The molecule has 1 N–H and O–H groups in total. The molecule has 4 heteroatoms. The number of hydrogen-bond acceptors (Lipinski definition) is 3. The van der Waals surface area contributed by atoms with Crippen LogP contribution in [0.5, 0.6) is 0 Å². The van der Waals surface area contributed by atoms with Crippen molar-refractivity contribution in [1.29, 1.82) is 0 Å². The Kier molecular flexibility index (Phi) is 5.49. The maximum absolute atomic E-state index is 10.4. The highest BCUT2D eigenvalue weighted by atomic mass is 32.1.